The lowest BCUT2D eigenvalue weighted by atomic mass is 10.3. The Bertz CT molecular complexity index is 761. The molecule has 1 amide bonds. The highest BCUT2D eigenvalue weighted by Crippen LogP contribution is 2.19. The number of sulfonamides is 1. The van der Waals surface area contributed by atoms with E-state index in [9.17, 15) is 18.0 Å². The van der Waals surface area contributed by atoms with Gasteiger partial charge in [0.05, 0.1) is 24.6 Å². The number of nitrogens with zero attached hydrogens (tertiary/aromatic N) is 3. The number of halogens is 1. The summed E-state index contributed by atoms with van der Waals surface area (Å²) >= 11 is 5.81. The molecule has 1 aliphatic heterocycles. The Kier molecular flexibility index (Phi) is 7.60. The average Bonchev–Trinajstić information content (AvgIpc) is 2.62. The van der Waals surface area contributed by atoms with Gasteiger partial charge < -0.3 is 9.64 Å². The fourth-order valence-electron chi connectivity index (χ4n) is 2.75. The molecule has 1 heterocycles. The van der Waals surface area contributed by atoms with Gasteiger partial charge in [0.25, 0.3) is 0 Å². The molecule has 10 heteroatoms. The summed E-state index contributed by atoms with van der Waals surface area (Å²) in [6.45, 7) is 3.17. The van der Waals surface area contributed by atoms with Crippen LogP contribution in [0.3, 0.4) is 0 Å². The highest BCUT2D eigenvalue weighted by molar-refractivity contribution is 7.89. The molecule has 0 unspecified atom stereocenters. The van der Waals surface area contributed by atoms with Crippen LogP contribution < -0.4 is 0 Å². The van der Waals surface area contributed by atoms with Crippen LogP contribution in [-0.4, -0.2) is 87.3 Å². The van der Waals surface area contributed by atoms with Crippen molar-refractivity contribution in [3.05, 3.63) is 29.3 Å². The lowest BCUT2D eigenvalue weighted by Gasteiger charge is -2.34. The van der Waals surface area contributed by atoms with E-state index in [2.05, 4.69) is 0 Å². The molecule has 0 aliphatic carbocycles. The van der Waals surface area contributed by atoms with Gasteiger partial charge in [0.2, 0.25) is 15.9 Å². The van der Waals surface area contributed by atoms with Gasteiger partial charge in [0.15, 0.2) is 0 Å². The maximum absolute atomic E-state index is 12.7. The molecule has 1 aliphatic rings. The van der Waals surface area contributed by atoms with Crippen molar-refractivity contribution < 1.29 is 22.7 Å². The van der Waals surface area contributed by atoms with Gasteiger partial charge in [-0.05, 0) is 38.2 Å². The largest absolute Gasteiger partial charge is 0.465 e. The number of rotatable bonds is 7. The molecule has 0 aromatic heterocycles. The normalized spacial score (nSPS) is 15.8. The van der Waals surface area contributed by atoms with Crippen molar-refractivity contribution in [3.8, 4) is 0 Å². The third-order valence-electron chi connectivity index (χ3n) is 4.15. The van der Waals surface area contributed by atoms with Gasteiger partial charge in [-0.15, -0.1) is 0 Å². The monoisotopic (exact) mass is 417 g/mol. The summed E-state index contributed by atoms with van der Waals surface area (Å²) in [5.41, 5.74) is 0. The summed E-state index contributed by atoms with van der Waals surface area (Å²) in [5, 5.41) is 0.469. The summed E-state index contributed by atoms with van der Waals surface area (Å²) in [4.78, 5) is 27.2. The number of benzene rings is 1. The Morgan fingerprint density at radius 1 is 1.11 bits per heavy atom. The summed E-state index contributed by atoms with van der Waals surface area (Å²) in [6, 6.07) is 6.01. The lowest BCUT2D eigenvalue weighted by molar-refractivity contribution is -0.144. The van der Waals surface area contributed by atoms with Crippen molar-refractivity contribution in [2.24, 2.45) is 0 Å². The predicted molar refractivity (Wildman–Crippen MR) is 101 cm³/mol. The van der Waals surface area contributed by atoms with Gasteiger partial charge in [-0.1, -0.05) is 11.6 Å². The predicted octanol–water partition coefficient (Wildman–Crippen LogP) is 0.668. The lowest BCUT2D eigenvalue weighted by Crippen LogP contribution is -2.52. The van der Waals surface area contributed by atoms with E-state index in [4.69, 9.17) is 16.3 Å². The number of carbonyl (C=O) groups excluding carboxylic acids is 2. The Labute approximate surface area is 164 Å². The molecule has 0 saturated carbocycles. The number of hydrogen-bond acceptors (Lipinski definition) is 6. The number of hydrogen-bond donors (Lipinski definition) is 0. The highest BCUT2D eigenvalue weighted by atomic mass is 35.5. The van der Waals surface area contributed by atoms with Crippen LogP contribution >= 0.6 is 11.6 Å². The van der Waals surface area contributed by atoms with Gasteiger partial charge in [-0.25, -0.2) is 8.42 Å². The molecule has 150 valence electrons. The van der Waals surface area contributed by atoms with Gasteiger partial charge in [-0.3, -0.25) is 14.5 Å². The van der Waals surface area contributed by atoms with Crippen molar-refractivity contribution in [1.29, 1.82) is 0 Å². The quantitative estimate of drug-likeness (QED) is 0.606. The zero-order chi connectivity index (χ0) is 20.0. The number of piperazine rings is 1. The van der Waals surface area contributed by atoms with Crippen LogP contribution in [0.2, 0.25) is 5.02 Å². The molecule has 1 fully saturated rings. The Morgan fingerprint density at radius 3 is 2.26 bits per heavy atom. The molecular formula is C17H24ClN3O5S. The maximum Gasteiger partial charge on any atom is 0.320 e. The minimum atomic E-state index is -3.61. The van der Waals surface area contributed by atoms with Crippen molar-refractivity contribution in [2.75, 3.05) is 52.9 Å². The summed E-state index contributed by atoms with van der Waals surface area (Å²) in [7, 11) is -1.95. The molecule has 2 rings (SSSR count). The van der Waals surface area contributed by atoms with Crippen molar-refractivity contribution >= 4 is 33.5 Å². The van der Waals surface area contributed by atoms with Crippen LogP contribution in [-0.2, 0) is 24.3 Å². The molecule has 27 heavy (non-hydrogen) atoms. The smallest absolute Gasteiger partial charge is 0.320 e. The zero-order valence-corrected chi connectivity index (χ0v) is 17.0. The first-order valence-corrected chi connectivity index (χ1v) is 10.4. The Morgan fingerprint density at radius 2 is 1.70 bits per heavy atom. The maximum atomic E-state index is 12.7. The van der Waals surface area contributed by atoms with Crippen LogP contribution in [0, 0.1) is 0 Å². The standard InChI is InChI=1S/C17H24ClN3O5S/c1-3-26-17(23)13-19(2)12-16(22)20-8-10-21(11-9-20)27(24,25)15-6-4-14(18)5-7-15/h4-7H,3,8-13H2,1-2H3. The van der Waals surface area contributed by atoms with Crippen LogP contribution in [0.15, 0.2) is 29.2 Å². The number of ether oxygens (including phenoxy) is 1. The second kappa shape index (κ2) is 9.50. The van der Waals surface area contributed by atoms with E-state index in [1.54, 1.807) is 23.8 Å². The second-order valence-electron chi connectivity index (χ2n) is 6.22. The minimum absolute atomic E-state index is 0.0322. The SMILES string of the molecule is CCOC(=O)CN(C)CC(=O)N1CCN(S(=O)(=O)c2ccc(Cl)cc2)CC1. The van der Waals surface area contributed by atoms with Gasteiger partial charge in [0.1, 0.15) is 0 Å². The molecule has 0 N–H and O–H groups in total. The van der Waals surface area contributed by atoms with Crippen LogP contribution in [0.1, 0.15) is 6.92 Å². The summed E-state index contributed by atoms with van der Waals surface area (Å²) in [6.07, 6.45) is 0. The molecule has 0 spiro atoms. The molecule has 0 radical (unpaired) electrons. The minimum Gasteiger partial charge on any atom is -0.465 e. The van der Waals surface area contributed by atoms with E-state index in [-0.39, 0.29) is 43.0 Å². The van der Waals surface area contributed by atoms with E-state index in [0.29, 0.717) is 24.7 Å². The van der Waals surface area contributed by atoms with E-state index in [1.165, 1.54) is 28.6 Å². The van der Waals surface area contributed by atoms with Crippen LogP contribution in [0.5, 0.6) is 0 Å². The first-order chi connectivity index (χ1) is 12.7. The topological polar surface area (TPSA) is 87.2 Å². The van der Waals surface area contributed by atoms with Crippen molar-refractivity contribution in [1.82, 2.24) is 14.1 Å². The third kappa shape index (κ3) is 5.90. The Balaban J connectivity index is 1.88. The zero-order valence-electron chi connectivity index (χ0n) is 15.4. The number of esters is 1. The van der Waals surface area contributed by atoms with Crippen molar-refractivity contribution in [3.63, 3.8) is 0 Å². The number of carbonyl (C=O) groups is 2. The molecule has 0 bridgehead atoms. The van der Waals surface area contributed by atoms with Gasteiger partial charge in [0, 0.05) is 31.2 Å². The summed E-state index contributed by atoms with van der Waals surface area (Å²) < 4.78 is 31.5. The van der Waals surface area contributed by atoms with Gasteiger partial charge in [-0.2, -0.15) is 4.31 Å². The van der Waals surface area contributed by atoms with Crippen LogP contribution in [0.25, 0.3) is 0 Å². The molecule has 1 aromatic rings. The molecule has 8 nitrogen and oxygen atoms in total. The first-order valence-electron chi connectivity index (χ1n) is 8.61. The number of likely N-dealkylation sites (N-methyl/N-ethyl adjacent to an activating group) is 1. The van der Waals surface area contributed by atoms with Crippen LogP contribution in [0.4, 0.5) is 0 Å². The second-order valence-corrected chi connectivity index (χ2v) is 8.59. The third-order valence-corrected chi connectivity index (χ3v) is 6.32. The highest BCUT2D eigenvalue weighted by Gasteiger charge is 2.30. The summed E-state index contributed by atoms with van der Waals surface area (Å²) in [5.74, 6) is -0.531. The van der Waals surface area contributed by atoms with Crippen molar-refractivity contribution in [2.45, 2.75) is 11.8 Å². The number of amides is 1. The van der Waals surface area contributed by atoms with E-state index < -0.39 is 10.0 Å². The fraction of sp³-hybridized carbons (Fsp3) is 0.529. The molecule has 0 atom stereocenters. The Hall–Kier alpha value is -1.68. The molecular weight excluding hydrogens is 394 g/mol. The van der Waals surface area contributed by atoms with E-state index >= 15 is 0 Å². The first kappa shape index (κ1) is 21.6. The fourth-order valence-corrected chi connectivity index (χ4v) is 4.30. The van der Waals surface area contributed by atoms with E-state index in [1.807, 2.05) is 0 Å². The molecule has 1 aromatic carbocycles. The average molecular weight is 418 g/mol. The van der Waals surface area contributed by atoms with Gasteiger partial charge >= 0.3 is 5.97 Å². The molecule has 1 saturated heterocycles. The van der Waals surface area contributed by atoms with E-state index in [0.717, 1.165) is 0 Å².